The average Bonchev–Trinajstić information content (AvgIpc) is 1.86. The molecule has 0 N–H and O–H groups in total. The van der Waals surface area contributed by atoms with E-state index in [1.807, 2.05) is 24.3 Å². The molecule has 1 rings (SSSR count). The van der Waals surface area contributed by atoms with E-state index in [1.165, 1.54) is 3.98 Å². The van der Waals surface area contributed by atoms with Gasteiger partial charge in [0.15, 0.2) is 0 Å². The Labute approximate surface area is 47.5 Å². The molecule has 0 amide bonds. The Hall–Kier alpha value is 0.0123. The van der Waals surface area contributed by atoms with Crippen LogP contribution in [0.2, 0.25) is 0 Å². The fourth-order valence-corrected chi connectivity index (χ4v) is 0.638. The number of hydrogen-bond acceptors (Lipinski definition) is 0. The van der Waals surface area contributed by atoms with Crippen molar-refractivity contribution in [2.45, 2.75) is 0 Å². The van der Waals surface area contributed by atoms with Gasteiger partial charge in [-0.25, -0.2) is 0 Å². The molecular weight excluding hydrogens is 166 g/mol. The van der Waals surface area contributed by atoms with Crippen molar-refractivity contribution in [3.8, 4) is 0 Å². The minimum atomic E-state index is 1.19. The third-order valence-corrected chi connectivity index (χ3v) is 1.12. The van der Waals surface area contributed by atoms with Crippen molar-refractivity contribution in [2.75, 3.05) is 0 Å². The summed E-state index contributed by atoms with van der Waals surface area (Å²) in [6.45, 7) is 0. The van der Waals surface area contributed by atoms with Crippen LogP contribution in [0, 0.1) is 0 Å². The van der Waals surface area contributed by atoms with Gasteiger partial charge in [-0.3, -0.25) is 0 Å². The van der Waals surface area contributed by atoms with Crippen molar-refractivity contribution in [2.24, 2.45) is 0 Å². The van der Waals surface area contributed by atoms with E-state index in [2.05, 4.69) is 18.7 Å². The van der Waals surface area contributed by atoms with Gasteiger partial charge in [-0.1, -0.05) is 0 Å². The van der Waals surface area contributed by atoms with Crippen LogP contribution < -0.4 is 0 Å². The van der Waals surface area contributed by atoms with E-state index in [1.54, 1.807) is 0 Å². The summed E-state index contributed by atoms with van der Waals surface area (Å²) in [6.07, 6.45) is 8.03. The van der Waals surface area contributed by atoms with Gasteiger partial charge in [0, 0.05) is 0 Å². The first-order valence-corrected chi connectivity index (χ1v) is 2.51. The van der Waals surface area contributed by atoms with Crippen LogP contribution >= 0.6 is 0 Å². The third-order valence-electron chi connectivity index (χ3n) is 0.601. The second-order valence-electron chi connectivity index (χ2n) is 1.07. The van der Waals surface area contributed by atoms with E-state index < -0.39 is 0 Å². The van der Waals surface area contributed by atoms with Crippen LogP contribution in [0.5, 0.6) is 0 Å². The molecule has 0 aromatic rings. The first-order valence-electron chi connectivity index (χ1n) is 1.74. The summed E-state index contributed by atoms with van der Waals surface area (Å²) >= 11 is 3.04. The summed E-state index contributed by atoms with van der Waals surface area (Å²) in [4.78, 5) is 0. The van der Waals surface area contributed by atoms with Crippen molar-refractivity contribution in [3.05, 3.63) is 24.3 Å². The molecule has 0 aromatic carbocycles. The molecular formula is C5H4Pd. The number of rotatable bonds is 0. The standard InChI is InChI=1S/C5H4.Pd/c1-2-4-5-3-1;/h1-4H;. The van der Waals surface area contributed by atoms with E-state index >= 15 is 0 Å². The zero-order valence-electron chi connectivity index (χ0n) is 3.13. The molecule has 0 aromatic heterocycles. The molecule has 0 nitrogen and oxygen atoms in total. The van der Waals surface area contributed by atoms with Gasteiger partial charge in [0.25, 0.3) is 0 Å². The Kier molecular flexibility index (Phi) is 1.14. The molecule has 1 heteroatoms. The van der Waals surface area contributed by atoms with Crippen molar-refractivity contribution < 1.29 is 18.7 Å². The van der Waals surface area contributed by atoms with Crippen LogP contribution in [-0.2, 0) is 18.7 Å². The van der Waals surface area contributed by atoms with Crippen molar-refractivity contribution in [1.82, 2.24) is 0 Å². The second-order valence-corrected chi connectivity index (χ2v) is 1.97. The summed E-state index contributed by atoms with van der Waals surface area (Å²) in [6, 6.07) is 0. The summed E-state index contributed by atoms with van der Waals surface area (Å²) in [5, 5.41) is 0. The van der Waals surface area contributed by atoms with Gasteiger partial charge in [0.05, 0.1) is 0 Å². The quantitative estimate of drug-likeness (QED) is 0.473. The molecule has 1 aliphatic rings. The molecule has 0 spiro atoms. The molecule has 0 radical (unpaired) electrons. The Morgan fingerprint density at radius 3 is 1.83 bits per heavy atom. The number of hydrogen-bond donors (Lipinski definition) is 0. The SMILES string of the molecule is [Pd]=[C]1C=CC=C1. The predicted octanol–water partition coefficient (Wildman–Crippen LogP) is 0.832. The maximum absolute atomic E-state index is 3.04. The molecule has 0 unspecified atom stereocenters. The van der Waals surface area contributed by atoms with Crippen LogP contribution in [0.4, 0.5) is 0 Å². The van der Waals surface area contributed by atoms with Gasteiger partial charge < -0.3 is 0 Å². The molecule has 0 saturated carbocycles. The van der Waals surface area contributed by atoms with Gasteiger partial charge in [0.2, 0.25) is 0 Å². The van der Waals surface area contributed by atoms with E-state index in [4.69, 9.17) is 0 Å². The number of allylic oxidation sites excluding steroid dienone is 4. The van der Waals surface area contributed by atoms with Crippen LogP contribution in [-0.4, -0.2) is 3.98 Å². The van der Waals surface area contributed by atoms with Crippen LogP contribution in [0.3, 0.4) is 0 Å². The first-order chi connectivity index (χ1) is 2.89. The maximum atomic E-state index is 3.04. The fourth-order valence-electron chi connectivity index (χ4n) is 0.339. The molecule has 6 heavy (non-hydrogen) atoms. The minimum absolute atomic E-state index is 1.19. The predicted molar refractivity (Wildman–Crippen MR) is 23.3 cm³/mol. The van der Waals surface area contributed by atoms with Crippen molar-refractivity contribution in [1.29, 1.82) is 0 Å². The molecule has 0 heterocycles. The van der Waals surface area contributed by atoms with Crippen molar-refractivity contribution in [3.63, 3.8) is 0 Å². The van der Waals surface area contributed by atoms with Gasteiger partial charge in [-0.2, -0.15) is 0 Å². The van der Waals surface area contributed by atoms with Gasteiger partial charge in [-0.05, 0) is 0 Å². The monoisotopic (exact) mass is 170 g/mol. The molecule has 34 valence electrons. The fraction of sp³-hybridized carbons (Fsp3) is 0. The van der Waals surface area contributed by atoms with Crippen molar-refractivity contribution >= 4 is 3.98 Å². The Morgan fingerprint density at radius 1 is 1.17 bits per heavy atom. The molecule has 0 atom stereocenters. The van der Waals surface area contributed by atoms with Gasteiger partial charge >= 0.3 is 47.0 Å². The van der Waals surface area contributed by atoms with Crippen LogP contribution in [0.15, 0.2) is 24.3 Å². The topological polar surface area (TPSA) is 0 Å². The Balaban J connectivity index is 2.86. The molecule has 1 aliphatic carbocycles. The van der Waals surface area contributed by atoms with Gasteiger partial charge in [0.1, 0.15) is 0 Å². The second kappa shape index (κ2) is 1.64. The van der Waals surface area contributed by atoms with E-state index in [0.717, 1.165) is 0 Å². The molecule has 0 fully saturated rings. The molecule has 0 bridgehead atoms. The summed E-state index contributed by atoms with van der Waals surface area (Å²) in [5.41, 5.74) is 0. The van der Waals surface area contributed by atoms with E-state index in [0.29, 0.717) is 0 Å². The normalized spacial score (nSPS) is 17.3. The Bertz CT molecular complexity index is 106. The zero-order chi connectivity index (χ0) is 4.41. The van der Waals surface area contributed by atoms with Crippen LogP contribution in [0.25, 0.3) is 0 Å². The summed E-state index contributed by atoms with van der Waals surface area (Å²) in [7, 11) is 0. The molecule has 0 saturated heterocycles. The molecule has 0 aliphatic heterocycles. The van der Waals surface area contributed by atoms with E-state index in [9.17, 15) is 0 Å². The summed E-state index contributed by atoms with van der Waals surface area (Å²) < 4.78 is 1.19. The average molecular weight is 171 g/mol. The van der Waals surface area contributed by atoms with E-state index in [-0.39, 0.29) is 0 Å². The third kappa shape index (κ3) is 0.740. The first kappa shape index (κ1) is 4.18. The summed E-state index contributed by atoms with van der Waals surface area (Å²) in [5.74, 6) is 0. The Morgan fingerprint density at radius 2 is 1.67 bits per heavy atom. The van der Waals surface area contributed by atoms with Gasteiger partial charge in [-0.15, -0.1) is 0 Å². The van der Waals surface area contributed by atoms with Crippen LogP contribution in [0.1, 0.15) is 0 Å². The zero-order valence-corrected chi connectivity index (χ0v) is 4.68.